The predicted octanol–water partition coefficient (Wildman–Crippen LogP) is 2.43. The number of rotatable bonds is 6. The maximum absolute atomic E-state index is 11.9. The first-order valence-corrected chi connectivity index (χ1v) is 7.82. The first-order valence-electron chi connectivity index (χ1n) is 6.94. The van der Waals surface area contributed by atoms with Crippen LogP contribution in [0.4, 0.5) is 5.69 Å². The molecule has 6 nitrogen and oxygen atoms in total. The number of anilines is 1. The molecule has 0 radical (unpaired) electrons. The molecule has 0 aliphatic carbocycles. The van der Waals surface area contributed by atoms with Crippen LogP contribution >= 0.6 is 11.3 Å². The van der Waals surface area contributed by atoms with Crippen LogP contribution in [0, 0.1) is 0 Å². The fourth-order valence-corrected chi connectivity index (χ4v) is 2.35. The van der Waals surface area contributed by atoms with E-state index in [1.54, 1.807) is 30.3 Å². The molecule has 0 unspecified atom stereocenters. The first-order chi connectivity index (χ1) is 11.0. The summed E-state index contributed by atoms with van der Waals surface area (Å²) in [4.78, 5) is 34.8. The van der Waals surface area contributed by atoms with Gasteiger partial charge in [0.1, 0.15) is 5.75 Å². The van der Waals surface area contributed by atoms with Gasteiger partial charge in [-0.3, -0.25) is 14.4 Å². The van der Waals surface area contributed by atoms with Crippen LogP contribution in [0.3, 0.4) is 0 Å². The zero-order chi connectivity index (χ0) is 16.7. The van der Waals surface area contributed by atoms with Crippen LogP contribution in [0.25, 0.3) is 0 Å². The Morgan fingerprint density at radius 2 is 1.87 bits per heavy atom. The number of ether oxygens (including phenoxy) is 1. The van der Waals surface area contributed by atoms with Crippen LogP contribution in [0.1, 0.15) is 23.0 Å². The van der Waals surface area contributed by atoms with Gasteiger partial charge in [-0.05, 0) is 35.7 Å². The zero-order valence-electron chi connectivity index (χ0n) is 12.5. The Morgan fingerprint density at radius 1 is 1.13 bits per heavy atom. The van der Waals surface area contributed by atoms with E-state index in [1.807, 2.05) is 11.4 Å². The van der Waals surface area contributed by atoms with Gasteiger partial charge in [-0.15, -0.1) is 11.3 Å². The number of amides is 2. The summed E-state index contributed by atoms with van der Waals surface area (Å²) in [5, 5.41) is 7.11. The third kappa shape index (κ3) is 5.55. The van der Waals surface area contributed by atoms with E-state index in [-0.39, 0.29) is 24.8 Å². The SMILES string of the molecule is CC(=O)NCCC(=O)Oc1ccc(NC(=O)c2cccs2)cc1. The Kier molecular flexibility index (Phi) is 5.87. The molecule has 2 rings (SSSR count). The minimum Gasteiger partial charge on any atom is -0.426 e. The molecule has 0 spiro atoms. The monoisotopic (exact) mass is 332 g/mol. The highest BCUT2D eigenvalue weighted by molar-refractivity contribution is 7.12. The number of carbonyl (C=O) groups is 3. The molecule has 1 heterocycles. The highest BCUT2D eigenvalue weighted by Crippen LogP contribution is 2.18. The molecule has 0 saturated carbocycles. The van der Waals surface area contributed by atoms with Crippen molar-refractivity contribution in [2.75, 3.05) is 11.9 Å². The van der Waals surface area contributed by atoms with Crippen LogP contribution in [0.15, 0.2) is 41.8 Å². The molecule has 0 bridgehead atoms. The van der Waals surface area contributed by atoms with E-state index in [0.29, 0.717) is 16.3 Å². The maximum atomic E-state index is 11.9. The van der Waals surface area contributed by atoms with Crippen LogP contribution in [-0.4, -0.2) is 24.3 Å². The van der Waals surface area contributed by atoms with E-state index in [4.69, 9.17) is 4.74 Å². The second-order valence-corrected chi connectivity index (χ2v) is 5.61. The largest absolute Gasteiger partial charge is 0.426 e. The fraction of sp³-hybridized carbons (Fsp3) is 0.188. The molecule has 0 aliphatic rings. The smallest absolute Gasteiger partial charge is 0.312 e. The van der Waals surface area contributed by atoms with E-state index in [9.17, 15) is 14.4 Å². The van der Waals surface area contributed by atoms with Gasteiger partial charge < -0.3 is 15.4 Å². The summed E-state index contributed by atoms with van der Waals surface area (Å²) in [6.45, 7) is 1.62. The summed E-state index contributed by atoms with van der Waals surface area (Å²) in [6.07, 6.45) is 0.0937. The minimum absolute atomic E-state index is 0.0937. The van der Waals surface area contributed by atoms with E-state index in [2.05, 4.69) is 10.6 Å². The third-order valence-corrected chi connectivity index (χ3v) is 3.66. The Balaban J connectivity index is 1.83. The molecule has 0 fully saturated rings. The lowest BCUT2D eigenvalue weighted by molar-refractivity contribution is -0.134. The molecule has 2 amide bonds. The van der Waals surface area contributed by atoms with Gasteiger partial charge in [-0.2, -0.15) is 0 Å². The van der Waals surface area contributed by atoms with Crippen LogP contribution < -0.4 is 15.4 Å². The molecule has 0 atom stereocenters. The Hall–Kier alpha value is -2.67. The van der Waals surface area contributed by atoms with Gasteiger partial charge in [0.05, 0.1) is 11.3 Å². The van der Waals surface area contributed by atoms with Crippen molar-refractivity contribution in [2.45, 2.75) is 13.3 Å². The second kappa shape index (κ2) is 8.09. The Labute approximate surface area is 137 Å². The average Bonchev–Trinajstić information content (AvgIpc) is 3.03. The lowest BCUT2D eigenvalue weighted by atomic mass is 10.3. The van der Waals surface area contributed by atoms with Crippen molar-refractivity contribution in [1.29, 1.82) is 0 Å². The second-order valence-electron chi connectivity index (χ2n) is 4.66. The quantitative estimate of drug-likeness (QED) is 0.628. The molecule has 2 aromatic rings. The molecule has 1 aromatic carbocycles. The molecular formula is C16H16N2O4S. The standard InChI is InChI=1S/C16H16N2O4S/c1-11(19)17-9-8-15(20)22-13-6-4-12(5-7-13)18-16(21)14-3-2-10-23-14/h2-7,10H,8-9H2,1H3,(H,17,19)(H,18,21). The summed E-state index contributed by atoms with van der Waals surface area (Å²) < 4.78 is 5.13. The highest BCUT2D eigenvalue weighted by Gasteiger charge is 2.08. The lowest BCUT2D eigenvalue weighted by Gasteiger charge is -2.07. The zero-order valence-corrected chi connectivity index (χ0v) is 13.3. The molecule has 0 aliphatic heterocycles. The number of nitrogens with one attached hydrogen (secondary N) is 2. The van der Waals surface area contributed by atoms with Gasteiger partial charge in [-0.25, -0.2) is 0 Å². The van der Waals surface area contributed by atoms with Gasteiger partial charge in [0, 0.05) is 19.2 Å². The average molecular weight is 332 g/mol. The number of esters is 1. The molecule has 23 heavy (non-hydrogen) atoms. The van der Waals surface area contributed by atoms with Crippen molar-refractivity contribution in [3.8, 4) is 5.75 Å². The summed E-state index contributed by atoms with van der Waals surface area (Å²) in [6, 6.07) is 10.1. The van der Waals surface area contributed by atoms with E-state index < -0.39 is 5.97 Å². The van der Waals surface area contributed by atoms with Gasteiger partial charge in [-0.1, -0.05) is 6.07 Å². The molecule has 120 valence electrons. The van der Waals surface area contributed by atoms with Crippen molar-refractivity contribution < 1.29 is 19.1 Å². The van der Waals surface area contributed by atoms with E-state index in [0.717, 1.165) is 0 Å². The summed E-state index contributed by atoms with van der Waals surface area (Å²) >= 11 is 1.36. The van der Waals surface area contributed by atoms with Crippen molar-refractivity contribution in [3.05, 3.63) is 46.7 Å². The molecule has 0 saturated heterocycles. The van der Waals surface area contributed by atoms with Crippen LogP contribution in [0.5, 0.6) is 5.75 Å². The maximum Gasteiger partial charge on any atom is 0.312 e. The highest BCUT2D eigenvalue weighted by atomic mass is 32.1. The van der Waals surface area contributed by atoms with Gasteiger partial charge >= 0.3 is 5.97 Å². The number of thiophene rings is 1. The Morgan fingerprint density at radius 3 is 2.48 bits per heavy atom. The summed E-state index contributed by atoms with van der Waals surface area (Å²) in [7, 11) is 0. The summed E-state index contributed by atoms with van der Waals surface area (Å²) in [5.74, 6) is -0.426. The van der Waals surface area contributed by atoms with Crippen molar-refractivity contribution >= 4 is 34.8 Å². The number of hydrogen-bond acceptors (Lipinski definition) is 5. The summed E-state index contributed by atoms with van der Waals surface area (Å²) in [5.41, 5.74) is 0.612. The predicted molar refractivity (Wildman–Crippen MR) is 87.6 cm³/mol. The van der Waals surface area contributed by atoms with E-state index in [1.165, 1.54) is 18.3 Å². The van der Waals surface area contributed by atoms with Gasteiger partial charge in [0.25, 0.3) is 5.91 Å². The number of hydrogen-bond donors (Lipinski definition) is 2. The normalized spacial score (nSPS) is 9.96. The van der Waals surface area contributed by atoms with E-state index >= 15 is 0 Å². The lowest BCUT2D eigenvalue weighted by Crippen LogP contribution is -2.24. The Bertz CT molecular complexity index is 681. The van der Waals surface area contributed by atoms with Crippen LogP contribution in [0.2, 0.25) is 0 Å². The van der Waals surface area contributed by atoms with Crippen LogP contribution in [-0.2, 0) is 9.59 Å². The number of carbonyl (C=O) groups excluding carboxylic acids is 3. The van der Waals surface area contributed by atoms with Gasteiger partial charge in [0.2, 0.25) is 5.91 Å². The van der Waals surface area contributed by atoms with Crippen molar-refractivity contribution in [2.24, 2.45) is 0 Å². The molecule has 1 aromatic heterocycles. The van der Waals surface area contributed by atoms with Gasteiger partial charge in [0.15, 0.2) is 0 Å². The fourth-order valence-electron chi connectivity index (χ4n) is 1.73. The molecular weight excluding hydrogens is 316 g/mol. The van der Waals surface area contributed by atoms with Crippen molar-refractivity contribution in [3.63, 3.8) is 0 Å². The minimum atomic E-state index is -0.436. The first kappa shape index (κ1) is 16.7. The topological polar surface area (TPSA) is 84.5 Å². The molecule has 7 heteroatoms. The number of benzene rings is 1. The molecule has 2 N–H and O–H groups in total. The third-order valence-electron chi connectivity index (χ3n) is 2.79. The van der Waals surface area contributed by atoms with Crippen molar-refractivity contribution in [1.82, 2.24) is 5.32 Å².